The second-order valence-corrected chi connectivity index (χ2v) is 7.83. The molecule has 2 saturated carbocycles. The highest BCUT2D eigenvalue weighted by atomic mass is 15.0. The molecule has 0 aromatic carbocycles. The van der Waals surface area contributed by atoms with Crippen LogP contribution < -0.4 is 5.32 Å². The molecule has 1 N–H and O–H groups in total. The van der Waals surface area contributed by atoms with Crippen molar-refractivity contribution in [1.82, 2.24) is 5.32 Å². The molecule has 4 atom stereocenters. The van der Waals surface area contributed by atoms with Crippen LogP contribution >= 0.6 is 0 Å². The molecule has 18 heavy (non-hydrogen) atoms. The number of hydrogen-bond acceptors (Lipinski definition) is 1. The summed E-state index contributed by atoms with van der Waals surface area (Å²) in [6.07, 6.45) is 11.4. The Bertz CT molecular complexity index is 253. The van der Waals surface area contributed by atoms with Crippen LogP contribution in [0.15, 0.2) is 0 Å². The Balaban J connectivity index is 1.73. The lowest BCUT2D eigenvalue weighted by Gasteiger charge is -2.29. The molecule has 0 aromatic heterocycles. The van der Waals surface area contributed by atoms with Crippen molar-refractivity contribution in [2.75, 3.05) is 0 Å². The lowest BCUT2D eigenvalue weighted by molar-refractivity contribution is 0.213. The molecule has 0 aromatic rings. The van der Waals surface area contributed by atoms with Crippen molar-refractivity contribution in [3.63, 3.8) is 0 Å². The van der Waals surface area contributed by atoms with Gasteiger partial charge in [-0.25, -0.2) is 0 Å². The summed E-state index contributed by atoms with van der Waals surface area (Å²) in [5.74, 6) is 1.95. The minimum Gasteiger partial charge on any atom is -0.311 e. The van der Waals surface area contributed by atoms with Crippen molar-refractivity contribution in [2.45, 2.75) is 91.1 Å². The van der Waals surface area contributed by atoms with Gasteiger partial charge in [-0.1, -0.05) is 40.5 Å². The Hall–Kier alpha value is -0.0400. The van der Waals surface area contributed by atoms with Crippen molar-refractivity contribution in [3.8, 4) is 0 Å². The van der Waals surface area contributed by atoms with Crippen LogP contribution in [-0.4, -0.2) is 12.1 Å². The highest BCUT2D eigenvalue weighted by Crippen LogP contribution is 2.39. The molecule has 0 aliphatic heterocycles. The second kappa shape index (κ2) is 5.94. The van der Waals surface area contributed by atoms with E-state index in [1.165, 1.54) is 51.4 Å². The lowest BCUT2D eigenvalue weighted by Crippen LogP contribution is -2.31. The minimum atomic E-state index is 0.513. The molecule has 0 saturated heterocycles. The predicted molar refractivity (Wildman–Crippen MR) is 79.8 cm³/mol. The topological polar surface area (TPSA) is 12.0 Å². The zero-order valence-electron chi connectivity index (χ0n) is 13.0. The van der Waals surface area contributed by atoms with Gasteiger partial charge in [0.1, 0.15) is 0 Å². The van der Waals surface area contributed by atoms with Crippen LogP contribution in [0.3, 0.4) is 0 Å². The molecular weight excluding hydrogens is 218 g/mol. The predicted octanol–water partition coefficient (Wildman–Crippen LogP) is 4.76. The molecule has 0 amide bonds. The lowest BCUT2D eigenvalue weighted by atomic mass is 9.76. The smallest absolute Gasteiger partial charge is 0.0102 e. The molecule has 0 radical (unpaired) electrons. The highest BCUT2D eigenvalue weighted by Gasteiger charge is 2.37. The van der Waals surface area contributed by atoms with E-state index in [1.54, 1.807) is 0 Å². The third kappa shape index (κ3) is 3.98. The van der Waals surface area contributed by atoms with Crippen LogP contribution in [0.2, 0.25) is 0 Å². The summed E-state index contributed by atoms with van der Waals surface area (Å²) in [7, 11) is 0. The normalized spacial score (nSPS) is 37.3. The molecule has 2 fully saturated rings. The highest BCUT2D eigenvalue weighted by molar-refractivity contribution is 4.95. The third-order valence-electron chi connectivity index (χ3n) is 5.23. The molecule has 1 nitrogen and oxygen atoms in total. The maximum atomic E-state index is 3.94. The fourth-order valence-corrected chi connectivity index (χ4v) is 3.78. The van der Waals surface area contributed by atoms with E-state index in [0.717, 1.165) is 23.9 Å². The fourth-order valence-electron chi connectivity index (χ4n) is 3.78. The summed E-state index contributed by atoms with van der Waals surface area (Å²) in [6, 6.07) is 1.70. The molecule has 106 valence electrons. The van der Waals surface area contributed by atoms with Crippen LogP contribution in [0.1, 0.15) is 79.1 Å². The Morgan fingerprint density at radius 1 is 1.06 bits per heavy atom. The van der Waals surface area contributed by atoms with Crippen molar-refractivity contribution in [3.05, 3.63) is 0 Å². The van der Waals surface area contributed by atoms with E-state index >= 15 is 0 Å². The summed E-state index contributed by atoms with van der Waals surface area (Å²) >= 11 is 0. The first kappa shape index (κ1) is 14.4. The van der Waals surface area contributed by atoms with E-state index < -0.39 is 0 Å². The van der Waals surface area contributed by atoms with Crippen LogP contribution in [0.25, 0.3) is 0 Å². The molecule has 0 heterocycles. The van der Waals surface area contributed by atoms with Gasteiger partial charge in [0.2, 0.25) is 0 Å². The quantitative estimate of drug-likeness (QED) is 0.710. The molecule has 0 bridgehead atoms. The molecule has 4 unspecified atom stereocenters. The zero-order chi connectivity index (χ0) is 13.2. The average molecular weight is 251 g/mol. The summed E-state index contributed by atoms with van der Waals surface area (Å²) in [5.41, 5.74) is 0.513. The third-order valence-corrected chi connectivity index (χ3v) is 5.23. The van der Waals surface area contributed by atoms with Gasteiger partial charge in [0.05, 0.1) is 0 Å². The maximum absolute atomic E-state index is 3.94. The molecule has 2 rings (SSSR count). The van der Waals surface area contributed by atoms with Gasteiger partial charge in [-0.3, -0.25) is 0 Å². The summed E-state index contributed by atoms with van der Waals surface area (Å²) in [6.45, 7) is 9.58. The van der Waals surface area contributed by atoms with E-state index in [1.807, 2.05) is 0 Å². The first-order valence-corrected chi connectivity index (χ1v) is 8.26. The molecular formula is C17H33N. The van der Waals surface area contributed by atoms with Gasteiger partial charge in [-0.2, -0.15) is 0 Å². The van der Waals surface area contributed by atoms with Gasteiger partial charge < -0.3 is 5.32 Å². The van der Waals surface area contributed by atoms with Crippen molar-refractivity contribution in [2.24, 2.45) is 17.3 Å². The van der Waals surface area contributed by atoms with Crippen LogP contribution in [-0.2, 0) is 0 Å². The fraction of sp³-hybridized carbons (Fsp3) is 1.00. The summed E-state index contributed by atoms with van der Waals surface area (Å²) < 4.78 is 0. The first-order valence-electron chi connectivity index (χ1n) is 8.26. The van der Waals surface area contributed by atoms with Crippen LogP contribution in [0.5, 0.6) is 0 Å². The van der Waals surface area contributed by atoms with Crippen molar-refractivity contribution in [1.29, 1.82) is 0 Å². The molecule has 2 aliphatic carbocycles. The molecule has 2 aliphatic rings. The second-order valence-electron chi connectivity index (χ2n) is 7.83. The summed E-state index contributed by atoms with van der Waals surface area (Å²) in [5, 5.41) is 3.94. The first-order chi connectivity index (χ1) is 8.50. The number of rotatable bonds is 4. The average Bonchev–Trinajstić information content (AvgIpc) is 3.02. The van der Waals surface area contributed by atoms with Crippen LogP contribution in [0.4, 0.5) is 0 Å². The number of hydrogen-bond donors (Lipinski definition) is 1. The Labute approximate surface area is 114 Å². The Morgan fingerprint density at radius 2 is 1.83 bits per heavy atom. The van der Waals surface area contributed by atoms with E-state index in [9.17, 15) is 0 Å². The number of nitrogens with one attached hydrogen (secondary N) is 1. The van der Waals surface area contributed by atoms with Gasteiger partial charge in [-0.15, -0.1) is 0 Å². The minimum absolute atomic E-state index is 0.513. The van der Waals surface area contributed by atoms with E-state index in [2.05, 4.69) is 33.0 Å². The maximum Gasteiger partial charge on any atom is 0.0102 e. The van der Waals surface area contributed by atoms with Gasteiger partial charge >= 0.3 is 0 Å². The zero-order valence-corrected chi connectivity index (χ0v) is 13.0. The Kier molecular flexibility index (Phi) is 4.75. The molecule has 0 spiro atoms. The van der Waals surface area contributed by atoms with E-state index in [-0.39, 0.29) is 0 Å². The van der Waals surface area contributed by atoms with Crippen molar-refractivity contribution < 1.29 is 0 Å². The summed E-state index contributed by atoms with van der Waals surface area (Å²) in [4.78, 5) is 0. The van der Waals surface area contributed by atoms with E-state index in [0.29, 0.717) is 5.41 Å². The van der Waals surface area contributed by atoms with Gasteiger partial charge in [0.25, 0.3) is 0 Å². The SMILES string of the molecule is CCCC1CC1NC1CCCC(C(C)(C)C)CC1. The van der Waals surface area contributed by atoms with Gasteiger partial charge in [0.15, 0.2) is 0 Å². The molecule has 1 heteroatoms. The van der Waals surface area contributed by atoms with Gasteiger partial charge in [-0.05, 0) is 55.8 Å². The standard InChI is InChI=1S/C17H33N/c1-5-7-13-12-16(13)18-15-9-6-8-14(10-11-15)17(2,3)4/h13-16,18H,5-12H2,1-4H3. The monoisotopic (exact) mass is 251 g/mol. The Morgan fingerprint density at radius 3 is 2.50 bits per heavy atom. The van der Waals surface area contributed by atoms with Crippen molar-refractivity contribution >= 4 is 0 Å². The largest absolute Gasteiger partial charge is 0.311 e. The van der Waals surface area contributed by atoms with Crippen LogP contribution in [0, 0.1) is 17.3 Å². The van der Waals surface area contributed by atoms with Gasteiger partial charge in [0, 0.05) is 12.1 Å². The van der Waals surface area contributed by atoms with E-state index in [4.69, 9.17) is 0 Å².